The first-order chi connectivity index (χ1) is 16.0. The maximum Gasteiger partial charge on any atom is 0.266 e. The standard InChI is InChI=1S/C27H19IN2O3/c28-25-15-18(14-21(16-29)27(32)30-22-9-11-23(31)12-10-22)8-13-26(25)33-17-20-6-3-5-19-4-1-2-7-24(19)20/h1-15,31H,17H2,(H,30,32)/b21-14+. The predicted molar refractivity (Wildman–Crippen MR) is 138 cm³/mol. The summed E-state index contributed by atoms with van der Waals surface area (Å²) >= 11 is 2.18. The van der Waals surface area contributed by atoms with Crippen molar-refractivity contribution in [1.82, 2.24) is 0 Å². The number of anilines is 1. The Morgan fingerprint density at radius 2 is 1.79 bits per heavy atom. The number of nitrogens with one attached hydrogen (secondary N) is 1. The van der Waals surface area contributed by atoms with Crippen LogP contribution in [-0.4, -0.2) is 11.0 Å². The number of aromatic hydroxyl groups is 1. The van der Waals surface area contributed by atoms with Gasteiger partial charge >= 0.3 is 0 Å². The lowest BCUT2D eigenvalue weighted by Crippen LogP contribution is -2.13. The van der Waals surface area contributed by atoms with Gasteiger partial charge in [-0.25, -0.2) is 0 Å². The van der Waals surface area contributed by atoms with Gasteiger partial charge in [0.05, 0.1) is 3.57 Å². The number of phenolic OH excluding ortho intramolecular Hbond substituents is 1. The zero-order valence-corrected chi connectivity index (χ0v) is 19.6. The summed E-state index contributed by atoms with van der Waals surface area (Å²) in [6.07, 6.45) is 1.53. The van der Waals surface area contributed by atoms with Crippen LogP contribution in [0.3, 0.4) is 0 Å². The Kier molecular flexibility index (Phi) is 6.91. The predicted octanol–water partition coefficient (Wildman–Crippen LogP) is 6.27. The smallest absolute Gasteiger partial charge is 0.266 e. The minimum Gasteiger partial charge on any atom is -0.508 e. The quantitative estimate of drug-likeness (QED) is 0.129. The molecule has 0 bridgehead atoms. The van der Waals surface area contributed by atoms with E-state index >= 15 is 0 Å². The van der Waals surface area contributed by atoms with Gasteiger partial charge in [0, 0.05) is 5.69 Å². The minimum absolute atomic E-state index is 0.0247. The van der Waals surface area contributed by atoms with Crippen molar-refractivity contribution in [2.24, 2.45) is 0 Å². The van der Waals surface area contributed by atoms with Gasteiger partial charge in [-0.1, -0.05) is 48.5 Å². The molecular weight excluding hydrogens is 527 g/mol. The molecule has 0 spiro atoms. The number of hydrogen-bond donors (Lipinski definition) is 2. The van der Waals surface area contributed by atoms with Crippen LogP contribution in [0.2, 0.25) is 0 Å². The summed E-state index contributed by atoms with van der Waals surface area (Å²) < 4.78 is 6.93. The number of rotatable bonds is 6. The SMILES string of the molecule is N#C/C(=C\c1ccc(OCc2cccc3ccccc23)c(I)c1)C(=O)Nc1ccc(O)cc1. The van der Waals surface area contributed by atoms with E-state index in [1.807, 2.05) is 42.5 Å². The van der Waals surface area contributed by atoms with Crippen molar-refractivity contribution in [2.45, 2.75) is 6.61 Å². The van der Waals surface area contributed by atoms with Crippen molar-refractivity contribution in [1.29, 1.82) is 5.26 Å². The fraction of sp³-hybridized carbons (Fsp3) is 0.0370. The van der Waals surface area contributed by atoms with E-state index < -0.39 is 5.91 Å². The van der Waals surface area contributed by atoms with E-state index in [0.29, 0.717) is 17.9 Å². The zero-order chi connectivity index (χ0) is 23.2. The molecule has 0 aromatic heterocycles. The second-order valence-corrected chi connectivity index (χ2v) is 8.45. The van der Waals surface area contributed by atoms with Crippen LogP contribution in [0.15, 0.2) is 90.5 Å². The van der Waals surface area contributed by atoms with Gasteiger partial charge in [0.15, 0.2) is 0 Å². The molecule has 0 unspecified atom stereocenters. The Morgan fingerprint density at radius 3 is 2.55 bits per heavy atom. The van der Waals surface area contributed by atoms with Crippen molar-refractivity contribution in [3.05, 3.63) is 105 Å². The second kappa shape index (κ2) is 10.2. The van der Waals surface area contributed by atoms with Gasteiger partial charge < -0.3 is 15.2 Å². The molecule has 0 aliphatic heterocycles. The molecule has 4 rings (SSSR count). The Balaban J connectivity index is 1.48. The fourth-order valence-corrected chi connectivity index (χ4v) is 4.05. The van der Waals surface area contributed by atoms with Gasteiger partial charge in [0.25, 0.3) is 5.91 Å². The van der Waals surface area contributed by atoms with E-state index in [1.54, 1.807) is 12.1 Å². The number of benzene rings is 4. The van der Waals surface area contributed by atoms with Crippen LogP contribution in [0, 0.1) is 14.9 Å². The second-order valence-electron chi connectivity index (χ2n) is 7.29. The number of fused-ring (bicyclic) bond motifs is 1. The first-order valence-corrected chi connectivity index (χ1v) is 11.2. The van der Waals surface area contributed by atoms with E-state index in [0.717, 1.165) is 20.3 Å². The van der Waals surface area contributed by atoms with Crippen LogP contribution in [0.1, 0.15) is 11.1 Å². The van der Waals surface area contributed by atoms with Crippen LogP contribution in [0.4, 0.5) is 5.69 Å². The maximum atomic E-state index is 12.5. The molecule has 0 saturated heterocycles. The first kappa shape index (κ1) is 22.4. The molecule has 0 atom stereocenters. The highest BCUT2D eigenvalue weighted by molar-refractivity contribution is 14.1. The fourth-order valence-electron chi connectivity index (χ4n) is 3.36. The van der Waals surface area contributed by atoms with E-state index in [4.69, 9.17) is 4.74 Å². The molecule has 4 aromatic carbocycles. The van der Waals surface area contributed by atoms with Gasteiger partial charge in [-0.3, -0.25) is 4.79 Å². The Hall–Kier alpha value is -3.83. The summed E-state index contributed by atoms with van der Waals surface area (Å²) in [6.45, 7) is 0.436. The van der Waals surface area contributed by atoms with Gasteiger partial charge in [-0.2, -0.15) is 5.26 Å². The summed E-state index contributed by atoms with van der Waals surface area (Å²) in [5.41, 5.74) is 2.29. The van der Waals surface area contributed by atoms with E-state index in [2.05, 4.69) is 52.2 Å². The number of hydrogen-bond acceptors (Lipinski definition) is 4. The van der Waals surface area contributed by atoms with Gasteiger partial charge in [0.2, 0.25) is 0 Å². The van der Waals surface area contributed by atoms with E-state index in [-0.39, 0.29) is 11.3 Å². The van der Waals surface area contributed by atoms with Gasteiger partial charge in [0.1, 0.15) is 29.7 Å². The highest BCUT2D eigenvalue weighted by Gasteiger charge is 2.11. The average Bonchev–Trinajstić information content (AvgIpc) is 2.83. The number of phenols is 1. The molecule has 0 saturated carbocycles. The Morgan fingerprint density at radius 1 is 1.03 bits per heavy atom. The summed E-state index contributed by atoms with van der Waals surface area (Å²) in [5, 5.41) is 23.8. The summed E-state index contributed by atoms with van der Waals surface area (Å²) in [6, 6.07) is 27.9. The molecule has 2 N–H and O–H groups in total. The first-order valence-electron chi connectivity index (χ1n) is 10.1. The molecule has 0 aliphatic rings. The lowest BCUT2D eigenvalue weighted by atomic mass is 10.1. The topological polar surface area (TPSA) is 82.3 Å². The number of amides is 1. The van der Waals surface area contributed by atoms with Crippen molar-refractivity contribution in [3.63, 3.8) is 0 Å². The Bertz CT molecular complexity index is 1380. The average molecular weight is 546 g/mol. The largest absolute Gasteiger partial charge is 0.508 e. The van der Waals surface area contributed by atoms with Crippen LogP contribution in [-0.2, 0) is 11.4 Å². The van der Waals surface area contributed by atoms with Crippen LogP contribution >= 0.6 is 22.6 Å². The summed E-state index contributed by atoms with van der Waals surface area (Å²) in [4.78, 5) is 12.5. The highest BCUT2D eigenvalue weighted by atomic mass is 127. The molecule has 0 aliphatic carbocycles. The third-order valence-corrected chi connectivity index (χ3v) is 5.86. The normalized spacial score (nSPS) is 11.1. The summed E-state index contributed by atoms with van der Waals surface area (Å²) in [7, 11) is 0. The van der Waals surface area contributed by atoms with Crippen molar-refractivity contribution in [2.75, 3.05) is 5.32 Å². The third-order valence-electron chi connectivity index (χ3n) is 5.02. The number of carbonyl (C=O) groups excluding carboxylic acids is 1. The molecule has 5 nitrogen and oxygen atoms in total. The Labute approximate surface area is 205 Å². The molecule has 162 valence electrons. The minimum atomic E-state index is -0.519. The third kappa shape index (κ3) is 5.51. The lowest BCUT2D eigenvalue weighted by molar-refractivity contribution is -0.112. The lowest BCUT2D eigenvalue weighted by Gasteiger charge is -2.11. The monoisotopic (exact) mass is 546 g/mol. The van der Waals surface area contributed by atoms with Crippen LogP contribution in [0.25, 0.3) is 16.8 Å². The van der Waals surface area contributed by atoms with E-state index in [1.165, 1.54) is 23.6 Å². The van der Waals surface area contributed by atoms with Crippen LogP contribution in [0.5, 0.6) is 11.5 Å². The molecule has 1 amide bonds. The molecular formula is C27H19IN2O3. The molecule has 4 aromatic rings. The van der Waals surface area contributed by atoms with Crippen molar-refractivity contribution >= 4 is 51.0 Å². The van der Waals surface area contributed by atoms with Gasteiger partial charge in [-0.15, -0.1) is 0 Å². The highest BCUT2D eigenvalue weighted by Crippen LogP contribution is 2.26. The molecule has 0 heterocycles. The van der Waals surface area contributed by atoms with Crippen molar-refractivity contribution in [3.8, 4) is 17.6 Å². The number of halogens is 1. The molecule has 33 heavy (non-hydrogen) atoms. The zero-order valence-electron chi connectivity index (χ0n) is 17.5. The van der Waals surface area contributed by atoms with Crippen molar-refractivity contribution < 1.29 is 14.6 Å². The molecule has 6 heteroatoms. The molecule has 0 fully saturated rings. The molecule has 0 radical (unpaired) electrons. The van der Waals surface area contributed by atoms with Gasteiger partial charge in [-0.05, 0) is 87.0 Å². The number of carbonyl (C=O) groups is 1. The maximum absolute atomic E-state index is 12.5. The number of nitriles is 1. The van der Waals surface area contributed by atoms with Crippen LogP contribution < -0.4 is 10.1 Å². The summed E-state index contributed by atoms with van der Waals surface area (Å²) in [5.74, 6) is 0.309. The number of nitrogens with zero attached hydrogens (tertiary/aromatic N) is 1. The number of ether oxygens (including phenoxy) is 1. The van der Waals surface area contributed by atoms with E-state index in [9.17, 15) is 15.2 Å².